The van der Waals surface area contributed by atoms with Gasteiger partial charge in [0.05, 0.1) is 14.2 Å². The first kappa shape index (κ1) is 22.0. The highest BCUT2D eigenvalue weighted by Crippen LogP contribution is 2.34. The van der Waals surface area contributed by atoms with Crippen LogP contribution in [-0.4, -0.2) is 61.1 Å². The summed E-state index contributed by atoms with van der Waals surface area (Å²) in [5.74, 6) is 1.49. The Hall–Kier alpha value is -3.84. The fourth-order valence-electron chi connectivity index (χ4n) is 4.51. The molecule has 3 aromatic carbocycles. The standard InChI is InChI=1S/C27H27N3O4/c1-32-23-11-10-20(16-24(23)33-2)26-25(28-18-34-26)27(31)30-14-12-29(13-15-30)17-21-8-5-7-19-6-3-4-9-22(19)21/h3-11,16,18H,12-15,17H2,1-2H3. The highest BCUT2D eigenvalue weighted by Gasteiger charge is 2.27. The van der Waals surface area contributed by atoms with E-state index in [9.17, 15) is 4.79 Å². The van der Waals surface area contributed by atoms with Gasteiger partial charge in [-0.25, -0.2) is 4.98 Å². The smallest absolute Gasteiger partial charge is 0.276 e. The maximum absolute atomic E-state index is 13.3. The number of fused-ring (bicyclic) bond motifs is 1. The van der Waals surface area contributed by atoms with Gasteiger partial charge in [0.25, 0.3) is 5.91 Å². The first-order valence-corrected chi connectivity index (χ1v) is 11.3. The molecule has 0 N–H and O–H groups in total. The predicted molar refractivity (Wildman–Crippen MR) is 130 cm³/mol. The Balaban J connectivity index is 1.28. The third kappa shape index (κ3) is 4.22. The van der Waals surface area contributed by atoms with Crippen LogP contribution in [0, 0.1) is 0 Å². The Bertz CT molecular complexity index is 1300. The van der Waals surface area contributed by atoms with Gasteiger partial charge in [0.1, 0.15) is 0 Å². The van der Waals surface area contributed by atoms with Gasteiger partial charge in [-0.05, 0) is 34.5 Å². The van der Waals surface area contributed by atoms with Crippen LogP contribution in [0.15, 0.2) is 71.5 Å². The van der Waals surface area contributed by atoms with Crippen molar-refractivity contribution in [1.29, 1.82) is 0 Å². The highest BCUT2D eigenvalue weighted by molar-refractivity contribution is 5.97. The molecule has 5 rings (SSSR count). The first-order valence-electron chi connectivity index (χ1n) is 11.3. The molecular formula is C27H27N3O4. The monoisotopic (exact) mass is 457 g/mol. The molecule has 1 aromatic heterocycles. The number of hydrogen-bond donors (Lipinski definition) is 0. The van der Waals surface area contributed by atoms with E-state index >= 15 is 0 Å². The van der Waals surface area contributed by atoms with Crippen LogP contribution in [0.5, 0.6) is 11.5 Å². The summed E-state index contributed by atoms with van der Waals surface area (Å²) in [6, 6.07) is 20.3. The van der Waals surface area contributed by atoms with Crippen molar-refractivity contribution in [2.24, 2.45) is 0 Å². The minimum atomic E-state index is -0.122. The van der Waals surface area contributed by atoms with Crippen molar-refractivity contribution >= 4 is 16.7 Å². The van der Waals surface area contributed by atoms with Crippen molar-refractivity contribution in [1.82, 2.24) is 14.8 Å². The van der Waals surface area contributed by atoms with Gasteiger partial charge < -0.3 is 18.8 Å². The molecule has 0 spiro atoms. The van der Waals surface area contributed by atoms with E-state index in [1.165, 1.54) is 22.7 Å². The highest BCUT2D eigenvalue weighted by atomic mass is 16.5. The summed E-state index contributed by atoms with van der Waals surface area (Å²) >= 11 is 0. The van der Waals surface area contributed by atoms with E-state index < -0.39 is 0 Å². The molecule has 1 aliphatic heterocycles. The van der Waals surface area contributed by atoms with Gasteiger partial charge in [0, 0.05) is 38.3 Å². The number of carbonyl (C=O) groups excluding carboxylic acids is 1. The Morgan fingerprint density at radius 3 is 2.50 bits per heavy atom. The average molecular weight is 458 g/mol. The summed E-state index contributed by atoms with van der Waals surface area (Å²) in [5, 5.41) is 2.54. The molecule has 0 bridgehead atoms. The van der Waals surface area contributed by atoms with Crippen molar-refractivity contribution in [3.8, 4) is 22.8 Å². The largest absolute Gasteiger partial charge is 0.493 e. The number of methoxy groups -OCH3 is 2. The van der Waals surface area contributed by atoms with Gasteiger partial charge >= 0.3 is 0 Å². The summed E-state index contributed by atoms with van der Waals surface area (Å²) < 4.78 is 16.3. The van der Waals surface area contributed by atoms with E-state index in [0.717, 1.165) is 19.6 Å². The number of nitrogens with zero attached hydrogens (tertiary/aromatic N) is 3. The lowest BCUT2D eigenvalue weighted by atomic mass is 10.0. The van der Waals surface area contributed by atoms with Crippen molar-refractivity contribution in [3.63, 3.8) is 0 Å². The van der Waals surface area contributed by atoms with Crippen LogP contribution in [0.1, 0.15) is 16.1 Å². The van der Waals surface area contributed by atoms with Crippen molar-refractivity contribution in [2.45, 2.75) is 6.54 Å². The Labute approximate surface area is 198 Å². The van der Waals surface area contributed by atoms with Crippen LogP contribution in [0.25, 0.3) is 22.1 Å². The van der Waals surface area contributed by atoms with Gasteiger partial charge in [-0.2, -0.15) is 0 Å². The quantitative estimate of drug-likeness (QED) is 0.426. The molecule has 7 heteroatoms. The molecule has 0 aliphatic carbocycles. The maximum atomic E-state index is 13.3. The third-order valence-corrected chi connectivity index (χ3v) is 6.35. The number of rotatable bonds is 6. The molecule has 1 amide bonds. The molecule has 34 heavy (non-hydrogen) atoms. The molecule has 2 heterocycles. The summed E-state index contributed by atoms with van der Waals surface area (Å²) in [7, 11) is 3.16. The van der Waals surface area contributed by atoms with Crippen LogP contribution in [0.4, 0.5) is 0 Å². The third-order valence-electron chi connectivity index (χ3n) is 6.35. The number of amides is 1. The molecular weight excluding hydrogens is 430 g/mol. The van der Waals surface area contributed by atoms with Crippen molar-refractivity contribution in [2.75, 3.05) is 40.4 Å². The Morgan fingerprint density at radius 2 is 1.71 bits per heavy atom. The zero-order valence-corrected chi connectivity index (χ0v) is 19.4. The molecule has 1 fully saturated rings. The van der Waals surface area contributed by atoms with Gasteiger partial charge in [-0.15, -0.1) is 0 Å². The van der Waals surface area contributed by atoms with Crippen molar-refractivity contribution < 1.29 is 18.7 Å². The normalized spacial score (nSPS) is 14.4. The lowest BCUT2D eigenvalue weighted by molar-refractivity contribution is 0.0624. The topological polar surface area (TPSA) is 68.0 Å². The molecule has 0 saturated carbocycles. The van der Waals surface area contributed by atoms with E-state index in [4.69, 9.17) is 13.9 Å². The molecule has 7 nitrogen and oxygen atoms in total. The second-order valence-electron chi connectivity index (χ2n) is 8.31. The van der Waals surface area contributed by atoms with Crippen LogP contribution in [0.2, 0.25) is 0 Å². The lowest BCUT2D eigenvalue weighted by Crippen LogP contribution is -2.48. The average Bonchev–Trinajstić information content (AvgIpc) is 3.38. The molecule has 0 atom stereocenters. The number of oxazole rings is 1. The minimum absolute atomic E-state index is 0.122. The lowest BCUT2D eigenvalue weighted by Gasteiger charge is -2.34. The molecule has 4 aromatic rings. The first-order chi connectivity index (χ1) is 16.7. The summed E-state index contributed by atoms with van der Waals surface area (Å²) in [6.45, 7) is 3.75. The zero-order chi connectivity index (χ0) is 23.5. The number of hydrogen-bond acceptors (Lipinski definition) is 6. The number of carbonyl (C=O) groups is 1. The fraction of sp³-hybridized carbons (Fsp3) is 0.259. The van der Waals surface area contributed by atoms with Gasteiger partial charge in [0.15, 0.2) is 29.3 Å². The second kappa shape index (κ2) is 9.57. The molecule has 174 valence electrons. The van der Waals surface area contributed by atoms with Crippen LogP contribution >= 0.6 is 0 Å². The van der Waals surface area contributed by atoms with Crippen LogP contribution < -0.4 is 9.47 Å². The molecule has 0 unspecified atom stereocenters. The van der Waals surface area contributed by atoms with Crippen LogP contribution in [0.3, 0.4) is 0 Å². The van der Waals surface area contributed by atoms with E-state index in [-0.39, 0.29) is 5.91 Å². The number of piperazine rings is 1. The fourth-order valence-corrected chi connectivity index (χ4v) is 4.51. The van der Waals surface area contributed by atoms with E-state index in [0.29, 0.717) is 41.6 Å². The van der Waals surface area contributed by atoms with Crippen molar-refractivity contribution in [3.05, 3.63) is 78.3 Å². The minimum Gasteiger partial charge on any atom is -0.493 e. The van der Waals surface area contributed by atoms with Gasteiger partial charge in [-0.3, -0.25) is 9.69 Å². The maximum Gasteiger partial charge on any atom is 0.276 e. The number of benzene rings is 3. The number of aromatic nitrogens is 1. The summed E-state index contributed by atoms with van der Waals surface area (Å²) in [5.41, 5.74) is 2.34. The molecule has 0 radical (unpaired) electrons. The summed E-state index contributed by atoms with van der Waals surface area (Å²) in [6.07, 6.45) is 1.32. The van der Waals surface area contributed by atoms with Gasteiger partial charge in [-0.1, -0.05) is 42.5 Å². The Kier molecular flexibility index (Phi) is 6.18. The SMILES string of the molecule is COc1ccc(-c2ocnc2C(=O)N2CCN(Cc3cccc4ccccc34)CC2)cc1OC. The van der Waals surface area contributed by atoms with E-state index in [2.05, 4.69) is 52.3 Å². The predicted octanol–water partition coefficient (Wildman–Crippen LogP) is 4.47. The van der Waals surface area contributed by atoms with Crippen LogP contribution in [-0.2, 0) is 6.54 Å². The van der Waals surface area contributed by atoms with E-state index in [1.807, 2.05) is 11.0 Å². The molecule has 1 aliphatic rings. The number of ether oxygens (including phenoxy) is 2. The Morgan fingerprint density at radius 1 is 0.941 bits per heavy atom. The van der Waals surface area contributed by atoms with E-state index in [1.54, 1.807) is 26.4 Å². The zero-order valence-electron chi connectivity index (χ0n) is 19.4. The second-order valence-corrected chi connectivity index (χ2v) is 8.31. The molecule has 1 saturated heterocycles. The summed E-state index contributed by atoms with van der Waals surface area (Å²) in [4.78, 5) is 21.8. The van der Waals surface area contributed by atoms with Gasteiger partial charge in [0.2, 0.25) is 0 Å².